The number of ether oxygens (including phenoxy) is 1. The highest BCUT2D eigenvalue weighted by Gasteiger charge is 2.22. The lowest BCUT2D eigenvalue weighted by molar-refractivity contribution is -0.117. The van der Waals surface area contributed by atoms with Crippen LogP contribution in [0.4, 0.5) is 11.4 Å². The van der Waals surface area contributed by atoms with E-state index in [1.165, 1.54) is 13.3 Å². The van der Waals surface area contributed by atoms with Crippen LogP contribution in [0.25, 0.3) is 0 Å². The fraction of sp³-hybridized carbons (Fsp3) is 0.235. The Morgan fingerprint density at radius 1 is 1.30 bits per heavy atom. The van der Waals surface area contributed by atoms with Gasteiger partial charge in [0.15, 0.2) is 0 Å². The van der Waals surface area contributed by atoms with Crippen molar-refractivity contribution in [2.45, 2.75) is 12.8 Å². The number of nitrogens with zero attached hydrogens (tertiary/aromatic N) is 2. The van der Waals surface area contributed by atoms with Gasteiger partial charge in [-0.15, -0.1) is 0 Å². The zero-order valence-corrected chi connectivity index (χ0v) is 12.8. The molecule has 118 valence electrons. The quantitative estimate of drug-likeness (QED) is 0.941. The third kappa shape index (κ3) is 3.31. The van der Waals surface area contributed by atoms with Crippen LogP contribution in [0.15, 0.2) is 42.6 Å². The van der Waals surface area contributed by atoms with Gasteiger partial charge >= 0.3 is 0 Å². The molecule has 2 amide bonds. The Morgan fingerprint density at radius 2 is 2.17 bits per heavy atom. The number of amides is 2. The first kappa shape index (κ1) is 15.0. The third-order valence-electron chi connectivity index (χ3n) is 3.70. The topological polar surface area (TPSA) is 71.5 Å². The number of pyridine rings is 1. The van der Waals surface area contributed by atoms with Gasteiger partial charge in [0.1, 0.15) is 0 Å². The predicted molar refractivity (Wildman–Crippen MR) is 86.8 cm³/mol. The van der Waals surface area contributed by atoms with Gasteiger partial charge in [-0.05, 0) is 30.7 Å². The summed E-state index contributed by atoms with van der Waals surface area (Å²) in [6.07, 6.45) is 2.95. The molecule has 2 heterocycles. The molecular weight excluding hydrogens is 294 g/mol. The molecule has 3 rings (SSSR count). The Morgan fingerprint density at radius 3 is 2.83 bits per heavy atom. The molecular formula is C17H17N3O3. The zero-order chi connectivity index (χ0) is 16.2. The van der Waals surface area contributed by atoms with E-state index in [9.17, 15) is 9.59 Å². The first-order chi connectivity index (χ1) is 11.2. The molecule has 1 aliphatic heterocycles. The van der Waals surface area contributed by atoms with Crippen LogP contribution in [0.2, 0.25) is 0 Å². The lowest BCUT2D eigenvalue weighted by Crippen LogP contribution is -2.24. The molecule has 0 saturated carbocycles. The molecule has 0 spiro atoms. The van der Waals surface area contributed by atoms with Gasteiger partial charge in [-0.1, -0.05) is 6.07 Å². The fourth-order valence-electron chi connectivity index (χ4n) is 2.51. The van der Waals surface area contributed by atoms with Crippen LogP contribution in [-0.2, 0) is 4.79 Å². The van der Waals surface area contributed by atoms with E-state index >= 15 is 0 Å². The van der Waals surface area contributed by atoms with Crippen molar-refractivity contribution in [3.05, 3.63) is 48.2 Å². The average Bonchev–Trinajstić information content (AvgIpc) is 3.02. The first-order valence-electron chi connectivity index (χ1n) is 7.39. The highest BCUT2D eigenvalue weighted by atomic mass is 16.5. The number of carbonyl (C=O) groups excluding carboxylic acids is 2. The number of methoxy groups -OCH3 is 1. The van der Waals surface area contributed by atoms with Gasteiger partial charge in [0.25, 0.3) is 5.91 Å². The second kappa shape index (κ2) is 6.48. The second-order valence-electron chi connectivity index (χ2n) is 5.24. The summed E-state index contributed by atoms with van der Waals surface area (Å²) in [5.41, 5.74) is 1.84. The van der Waals surface area contributed by atoms with Gasteiger partial charge in [0, 0.05) is 30.3 Å². The number of anilines is 2. The van der Waals surface area contributed by atoms with Crippen molar-refractivity contribution in [3.8, 4) is 5.88 Å². The molecule has 0 atom stereocenters. The summed E-state index contributed by atoms with van der Waals surface area (Å²) in [5.74, 6) is 0.338. The van der Waals surface area contributed by atoms with E-state index in [4.69, 9.17) is 4.74 Å². The molecule has 6 nitrogen and oxygen atoms in total. The highest BCUT2D eigenvalue weighted by molar-refractivity contribution is 6.05. The van der Waals surface area contributed by atoms with Gasteiger partial charge < -0.3 is 15.0 Å². The molecule has 1 saturated heterocycles. The van der Waals surface area contributed by atoms with Gasteiger partial charge in [0.05, 0.1) is 19.0 Å². The summed E-state index contributed by atoms with van der Waals surface area (Å²) < 4.78 is 4.98. The van der Waals surface area contributed by atoms with Crippen molar-refractivity contribution < 1.29 is 14.3 Å². The van der Waals surface area contributed by atoms with Crippen molar-refractivity contribution in [1.82, 2.24) is 4.98 Å². The molecule has 1 aliphatic rings. The van der Waals surface area contributed by atoms with Crippen molar-refractivity contribution in [3.63, 3.8) is 0 Å². The molecule has 1 N–H and O–H groups in total. The maximum atomic E-state index is 12.3. The first-order valence-corrected chi connectivity index (χ1v) is 7.39. The van der Waals surface area contributed by atoms with Crippen LogP contribution in [0, 0.1) is 0 Å². The van der Waals surface area contributed by atoms with Crippen molar-refractivity contribution in [1.29, 1.82) is 0 Å². The second-order valence-corrected chi connectivity index (χ2v) is 5.24. The minimum atomic E-state index is -0.245. The predicted octanol–water partition coefficient (Wildman–Crippen LogP) is 2.47. The SMILES string of the molecule is COc1ccc(NC(=O)c2cccc(N3CCCC3=O)c2)cn1. The minimum absolute atomic E-state index is 0.0990. The Hall–Kier alpha value is -2.89. The molecule has 0 bridgehead atoms. The van der Waals surface area contributed by atoms with Crippen molar-refractivity contribution in [2.24, 2.45) is 0 Å². The lowest BCUT2D eigenvalue weighted by Gasteiger charge is -2.16. The van der Waals surface area contributed by atoms with Gasteiger partial charge in [0.2, 0.25) is 11.8 Å². The fourth-order valence-corrected chi connectivity index (χ4v) is 2.51. The molecule has 2 aromatic rings. The number of hydrogen-bond donors (Lipinski definition) is 1. The van der Waals surface area contributed by atoms with E-state index in [-0.39, 0.29) is 11.8 Å². The number of hydrogen-bond acceptors (Lipinski definition) is 4. The van der Waals surface area contributed by atoms with Crippen LogP contribution in [0.5, 0.6) is 5.88 Å². The molecule has 0 aliphatic carbocycles. The van der Waals surface area contributed by atoms with Crippen LogP contribution in [-0.4, -0.2) is 30.5 Å². The minimum Gasteiger partial charge on any atom is -0.481 e. The van der Waals surface area contributed by atoms with Crippen molar-refractivity contribution in [2.75, 3.05) is 23.9 Å². The molecule has 1 aromatic heterocycles. The van der Waals surface area contributed by atoms with E-state index in [2.05, 4.69) is 10.3 Å². The van der Waals surface area contributed by atoms with E-state index in [1.54, 1.807) is 35.2 Å². The number of aromatic nitrogens is 1. The summed E-state index contributed by atoms with van der Waals surface area (Å²) in [5, 5.41) is 2.78. The standard InChI is InChI=1S/C17H17N3O3/c1-23-15-8-7-13(11-18-15)19-17(22)12-4-2-5-14(10-12)20-9-3-6-16(20)21/h2,4-5,7-8,10-11H,3,6,9H2,1H3,(H,19,22). The Bertz CT molecular complexity index is 728. The Kier molecular flexibility index (Phi) is 4.23. The average molecular weight is 311 g/mol. The maximum absolute atomic E-state index is 12.3. The van der Waals surface area contributed by atoms with Crippen molar-refractivity contribution >= 4 is 23.2 Å². The monoisotopic (exact) mass is 311 g/mol. The molecule has 0 radical (unpaired) electrons. The summed E-state index contributed by atoms with van der Waals surface area (Å²) in [6, 6.07) is 10.5. The van der Waals surface area contributed by atoms with E-state index in [0.29, 0.717) is 30.1 Å². The Balaban J connectivity index is 1.75. The van der Waals surface area contributed by atoms with Crippen LogP contribution in [0.3, 0.4) is 0 Å². The van der Waals surface area contributed by atoms with Crippen LogP contribution < -0.4 is 15.0 Å². The molecule has 6 heteroatoms. The zero-order valence-electron chi connectivity index (χ0n) is 12.8. The van der Waals surface area contributed by atoms with E-state index < -0.39 is 0 Å². The van der Waals surface area contributed by atoms with Crippen LogP contribution >= 0.6 is 0 Å². The summed E-state index contributed by atoms with van der Waals surface area (Å²) in [4.78, 5) is 29.9. The molecule has 0 unspecified atom stereocenters. The van der Waals surface area contributed by atoms with Gasteiger partial charge in [-0.2, -0.15) is 0 Å². The Labute approximate surface area is 134 Å². The smallest absolute Gasteiger partial charge is 0.255 e. The van der Waals surface area contributed by atoms with E-state index in [0.717, 1.165) is 12.1 Å². The third-order valence-corrected chi connectivity index (χ3v) is 3.70. The molecule has 1 fully saturated rings. The lowest BCUT2D eigenvalue weighted by atomic mass is 10.1. The van der Waals surface area contributed by atoms with Gasteiger partial charge in [-0.3, -0.25) is 9.59 Å². The summed E-state index contributed by atoms with van der Waals surface area (Å²) in [7, 11) is 1.53. The highest BCUT2D eigenvalue weighted by Crippen LogP contribution is 2.22. The molecule has 1 aromatic carbocycles. The van der Waals surface area contributed by atoms with E-state index in [1.807, 2.05) is 6.07 Å². The van der Waals surface area contributed by atoms with Gasteiger partial charge in [-0.25, -0.2) is 4.98 Å². The number of rotatable bonds is 4. The largest absolute Gasteiger partial charge is 0.481 e. The number of nitrogens with one attached hydrogen (secondary N) is 1. The van der Waals surface area contributed by atoms with Crippen LogP contribution in [0.1, 0.15) is 23.2 Å². The number of benzene rings is 1. The molecule has 23 heavy (non-hydrogen) atoms. The number of carbonyl (C=O) groups is 2. The normalized spacial score (nSPS) is 14.0. The summed E-state index contributed by atoms with van der Waals surface area (Å²) in [6.45, 7) is 0.701. The summed E-state index contributed by atoms with van der Waals surface area (Å²) >= 11 is 0. The maximum Gasteiger partial charge on any atom is 0.255 e.